The highest BCUT2D eigenvalue weighted by atomic mass is 19.3. The number of aromatic nitrogens is 2. The molecule has 0 aliphatic rings. The first-order chi connectivity index (χ1) is 9.19. The van der Waals surface area contributed by atoms with Gasteiger partial charge in [0.15, 0.2) is 6.61 Å². The van der Waals surface area contributed by atoms with Crippen molar-refractivity contribution in [1.82, 2.24) is 10.1 Å². The first-order valence-electron chi connectivity index (χ1n) is 5.38. The zero-order chi connectivity index (χ0) is 13.7. The van der Waals surface area contributed by atoms with Crippen molar-refractivity contribution in [3.63, 3.8) is 0 Å². The number of benzene rings is 1. The van der Waals surface area contributed by atoms with Crippen LogP contribution >= 0.6 is 0 Å². The summed E-state index contributed by atoms with van der Waals surface area (Å²) in [7, 11) is 0. The van der Waals surface area contributed by atoms with Crippen LogP contribution in [-0.4, -0.2) is 16.7 Å². The van der Waals surface area contributed by atoms with Crippen LogP contribution in [0.3, 0.4) is 0 Å². The van der Waals surface area contributed by atoms with Gasteiger partial charge in [-0.2, -0.15) is 10.2 Å². The number of halogens is 2. The molecule has 0 unspecified atom stereocenters. The first kappa shape index (κ1) is 13.0. The lowest BCUT2D eigenvalue weighted by Crippen LogP contribution is -1.94. The average Bonchev–Trinajstić information content (AvgIpc) is 2.87. The van der Waals surface area contributed by atoms with Crippen molar-refractivity contribution in [2.75, 3.05) is 6.61 Å². The van der Waals surface area contributed by atoms with Crippen molar-refractivity contribution in [3.05, 3.63) is 41.5 Å². The smallest absolute Gasteiger partial charge is 0.300 e. The number of nitrogens with zero attached hydrogens (tertiary/aromatic N) is 3. The third-order valence-corrected chi connectivity index (χ3v) is 2.26. The van der Waals surface area contributed by atoms with Crippen molar-refractivity contribution >= 4 is 0 Å². The number of hydrogen-bond acceptors (Lipinski definition) is 5. The topological polar surface area (TPSA) is 71.9 Å². The molecule has 2 aromatic rings. The lowest BCUT2D eigenvalue weighted by Gasteiger charge is -2.02. The second kappa shape index (κ2) is 5.91. The third-order valence-electron chi connectivity index (χ3n) is 2.26. The largest absolute Gasteiger partial charge is 0.479 e. The Hall–Kier alpha value is -2.49. The second-order valence-corrected chi connectivity index (χ2v) is 3.61. The summed E-state index contributed by atoms with van der Waals surface area (Å²) in [5.74, 6) is 0.0778. The summed E-state index contributed by atoms with van der Waals surface area (Å²) in [6.07, 6.45) is -2.47. The molecule has 0 aliphatic carbocycles. The fourth-order valence-corrected chi connectivity index (χ4v) is 1.42. The lowest BCUT2D eigenvalue weighted by atomic mass is 10.1. The molecule has 0 N–H and O–H groups in total. The fourth-order valence-electron chi connectivity index (χ4n) is 1.42. The Balaban J connectivity index is 2.00. The molecule has 0 aliphatic heterocycles. The summed E-state index contributed by atoms with van der Waals surface area (Å²) in [4.78, 5) is 3.57. The quantitative estimate of drug-likeness (QED) is 0.830. The second-order valence-electron chi connectivity index (χ2n) is 3.61. The summed E-state index contributed by atoms with van der Waals surface area (Å²) < 4.78 is 34.3. The van der Waals surface area contributed by atoms with Crippen LogP contribution < -0.4 is 4.74 Å². The van der Waals surface area contributed by atoms with Gasteiger partial charge in [0, 0.05) is 0 Å². The molecule has 98 valence electrons. The maximum atomic E-state index is 12.3. The molecular weight excluding hydrogens is 256 g/mol. The molecule has 0 radical (unpaired) electrons. The van der Waals surface area contributed by atoms with Crippen molar-refractivity contribution in [1.29, 1.82) is 5.26 Å². The van der Waals surface area contributed by atoms with Gasteiger partial charge in [-0.05, 0) is 17.7 Å². The minimum Gasteiger partial charge on any atom is -0.479 e. The van der Waals surface area contributed by atoms with E-state index in [1.165, 1.54) is 0 Å². The Bertz CT molecular complexity index is 575. The van der Waals surface area contributed by atoms with E-state index in [9.17, 15) is 8.78 Å². The van der Waals surface area contributed by atoms with Crippen LogP contribution in [0.2, 0.25) is 0 Å². The molecular formula is C12H9F2N3O2. The van der Waals surface area contributed by atoms with Crippen LogP contribution in [0.4, 0.5) is 8.78 Å². The van der Waals surface area contributed by atoms with E-state index in [0.717, 1.165) is 5.56 Å². The van der Waals surface area contributed by atoms with Crippen LogP contribution in [0.5, 0.6) is 5.75 Å². The lowest BCUT2D eigenvalue weighted by molar-refractivity contribution is 0.136. The molecule has 2 rings (SSSR count). The Morgan fingerprint density at radius 2 is 2.05 bits per heavy atom. The zero-order valence-electron chi connectivity index (χ0n) is 9.72. The molecule has 1 aromatic carbocycles. The van der Waals surface area contributed by atoms with Crippen molar-refractivity contribution < 1.29 is 18.0 Å². The van der Waals surface area contributed by atoms with Crippen LogP contribution in [0.25, 0.3) is 0 Å². The van der Waals surface area contributed by atoms with Gasteiger partial charge in [-0.1, -0.05) is 17.3 Å². The first-order valence-corrected chi connectivity index (χ1v) is 5.38. The maximum Gasteiger partial charge on any atom is 0.300 e. The third kappa shape index (κ3) is 3.48. The fraction of sp³-hybridized carbons (Fsp3) is 0.250. The van der Waals surface area contributed by atoms with E-state index < -0.39 is 12.2 Å². The van der Waals surface area contributed by atoms with Gasteiger partial charge in [0.25, 0.3) is 0 Å². The summed E-state index contributed by atoms with van der Waals surface area (Å²) in [6, 6.07) is 8.68. The van der Waals surface area contributed by atoms with Crippen molar-refractivity contribution in [3.8, 4) is 11.8 Å². The Morgan fingerprint density at radius 1 is 1.32 bits per heavy atom. The van der Waals surface area contributed by atoms with E-state index >= 15 is 0 Å². The summed E-state index contributed by atoms with van der Waals surface area (Å²) in [5.41, 5.74) is 0.814. The molecule has 19 heavy (non-hydrogen) atoms. The van der Waals surface area contributed by atoms with Gasteiger partial charge >= 0.3 is 6.43 Å². The molecule has 1 heterocycles. The summed E-state index contributed by atoms with van der Waals surface area (Å²) >= 11 is 0. The van der Waals surface area contributed by atoms with E-state index in [-0.39, 0.29) is 18.9 Å². The molecule has 0 atom stereocenters. The highest BCUT2D eigenvalue weighted by Gasteiger charge is 2.15. The molecule has 0 spiro atoms. The Kier molecular flexibility index (Phi) is 4.03. The number of rotatable bonds is 5. The molecule has 0 saturated heterocycles. The van der Waals surface area contributed by atoms with E-state index in [2.05, 4.69) is 10.1 Å². The monoisotopic (exact) mass is 265 g/mol. The molecule has 7 heteroatoms. The van der Waals surface area contributed by atoms with Gasteiger partial charge in [-0.3, -0.25) is 0 Å². The number of nitriles is 1. The van der Waals surface area contributed by atoms with Gasteiger partial charge in [-0.25, -0.2) is 8.78 Å². The van der Waals surface area contributed by atoms with Crippen molar-refractivity contribution in [2.45, 2.75) is 12.8 Å². The Labute approximate surface area is 107 Å². The van der Waals surface area contributed by atoms with Crippen molar-refractivity contribution in [2.24, 2.45) is 0 Å². The molecule has 0 fully saturated rings. The predicted octanol–water partition coefficient (Wildman–Crippen LogP) is 2.50. The van der Waals surface area contributed by atoms with Gasteiger partial charge in [0.1, 0.15) is 11.8 Å². The molecule has 0 bridgehead atoms. The Morgan fingerprint density at radius 3 is 2.63 bits per heavy atom. The molecule has 0 saturated carbocycles. The highest BCUT2D eigenvalue weighted by Crippen LogP contribution is 2.17. The average molecular weight is 265 g/mol. The molecule has 1 aromatic heterocycles. The van der Waals surface area contributed by atoms with E-state index in [1.807, 2.05) is 6.07 Å². The van der Waals surface area contributed by atoms with Gasteiger partial charge in [0.2, 0.25) is 11.7 Å². The SMILES string of the molecule is N#CCOc1ccc(Cc2nc(C(F)F)no2)cc1. The standard InChI is InChI=1S/C12H9F2N3O2/c13-11(14)12-16-10(19-17-12)7-8-1-3-9(4-2-8)18-6-5-15/h1-4,11H,6-7H2. The maximum absolute atomic E-state index is 12.3. The summed E-state index contributed by atoms with van der Waals surface area (Å²) in [6.45, 7) is -0.0270. The van der Waals surface area contributed by atoms with Gasteiger partial charge in [0.05, 0.1) is 6.42 Å². The minimum atomic E-state index is -2.74. The molecule has 5 nitrogen and oxygen atoms in total. The van der Waals surface area contributed by atoms with Gasteiger partial charge < -0.3 is 9.26 Å². The molecule has 0 amide bonds. The van der Waals surface area contributed by atoms with E-state index in [1.54, 1.807) is 24.3 Å². The highest BCUT2D eigenvalue weighted by molar-refractivity contribution is 5.28. The zero-order valence-corrected chi connectivity index (χ0v) is 9.72. The van der Waals surface area contributed by atoms with Crippen LogP contribution in [0.1, 0.15) is 23.7 Å². The predicted molar refractivity (Wildman–Crippen MR) is 59.6 cm³/mol. The normalized spacial score (nSPS) is 10.4. The van der Waals surface area contributed by atoms with E-state index in [0.29, 0.717) is 5.75 Å². The minimum absolute atomic E-state index is 0.0270. The van der Waals surface area contributed by atoms with Crippen LogP contribution in [0.15, 0.2) is 28.8 Å². The van der Waals surface area contributed by atoms with Crippen LogP contribution in [0, 0.1) is 11.3 Å². The van der Waals surface area contributed by atoms with Crippen LogP contribution in [-0.2, 0) is 6.42 Å². The number of ether oxygens (including phenoxy) is 1. The van der Waals surface area contributed by atoms with E-state index in [4.69, 9.17) is 14.5 Å². The number of alkyl halides is 2. The summed E-state index contributed by atoms with van der Waals surface area (Å²) in [5, 5.41) is 11.5. The van der Waals surface area contributed by atoms with Gasteiger partial charge in [-0.15, -0.1) is 0 Å². The number of hydrogen-bond donors (Lipinski definition) is 0.